The Labute approximate surface area is 155 Å². The van der Waals surface area contributed by atoms with Crippen molar-refractivity contribution in [1.82, 2.24) is 0 Å². The molecule has 0 amide bonds. The summed E-state index contributed by atoms with van der Waals surface area (Å²) >= 11 is 0. The molecule has 0 radical (unpaired) electrons. The van der Waals surface area contributed by atoms with E-state index in [-0.39, 0.29) is 17.7 Å². The zero-order chi connectivity index (χ0) is 18.3. The SMILES string of the molecule is O=C(CCCC[C@H]1CCSS1)OS(=O)(=O)CC(=O)c1ccccc1O. The van der Waals surface area contributed by atoms with Crippen LogP contribution in [0.1, 0.15) is 42.5 Å². The molecule has 0 bridgehead atoms. The van der Waals surface area contributed by atoms with Crippen molar-refractivity contribution >= 4 is 43.5 Å². The summed E-state index contributed by atoms with van der Waals surface area (Å²) in [5, 5.41) is 10.2. The standard InChI is InChI=1S/C16H20O6S3/c17-14-7-3-2-6-13(14)15(18)11-25(20,21)22-16(19)8-4-1-5-12-9-10-23-24-12/h2-3,6-7,12,17H,1,4-5,8-11H2/t12-/m0/s1. The minimum Gasteiger partial charge on any atom is -0.507 e. The van der Waals surface area contributed by atoms with Crippen LogP contribution in [0.15, 0.2) is 24.3 Å². The van der Waals surface area contributed by atoms with E-state index in [1.165, 1.54) is 30.7 Å². The quantitative estimate of drug-likeness (QED) is 0.290. The van der Waals surface area contributed by atoms with Gasteiger partial charge in [0.2, 0.25) is 0 Å². The Morgan fingerprint density at radius 2 is 2.00 bits per heavy atom. The Morgan fingerprint density at radius 3 is 2.68 bits per heavy atom. The monoisotopic (exact) mass is 404 g/mol. The zero-order valence-corrected chi connectivity index (χ0v) is 16.0. The summed E-state index contributed by atoms with van der Waals surface area (Å²) < 4.78 is 28.1. The molecule has 1 aromatic rings. The molecule has 2 rings (SSSR count). The fourth-order valence-corrected chi connectivity index (χ4v) is 6.30. The molecule has 6 nitrogen and oxygen atoms in total. The van der Waals surface area contributed by atoms with Crippen LogP contribution in [0.2, 0.25) is 0 Å². The van der Waals surface area contributed by atoms with Gasteiger partial charge in [-0.05, 0) is 31.4 Å². The number of Topliss-reactive ketones (excluding diaryl/α,β-unsaturated/α-hetero) is 1. The van der Waals surface area contributed by atoms with E-state index >= 15 is 0 Å². The molecule has 9 heteroatoms. The zero-order valence-electron chi connectivity index (χ0n) is 13.5. The van der Waals surface area contributed by atoms with Gasteiger partial charge in [0.05, 0.1) is 5.56 Å². The molecule has 1 atom stereocenters. The number of hydrogen-bond donors (Lipinski definition) is 1. The van der Waals surface area contributed by atoms with E-state index in [0.717, 1.165) is 18.6 Å². The predicted molar refractivity (Wildman–Crippen MR) is 99.2 cm³/mol. The van der Waals surface area contributed by atoms with Crippen LogP contribution in [0.3, 0.4) is 0 Å². The third kappa shape index (κ3) is 6.91. The third-order valence-corrected chi connectivity index (χ3v) is 7.68. The van der Waals surface area contributed by atoms with E-state index in [0.29, 0.717) is 11.7 Å². The third-order valence-electron chi connectivity index (χ3n) is 3.62. The van der Waals surface area contributed by atoms with Crippen LogP contribution >= 0.6 is 21.6 Å². The summed E-state index contributed by atoms with van der Waals surface area (Å²) in [7, 11) is -0.596. The van der Waals surface area contributed by atoms with E-state index in [2.05, 4.69) is 4.18 Å². The summed E-state index contributed by atoms with van der Waals surface area (Å²) in [5.41, 5.74) is -0.117. The Morgan fingerprint density at radius 1 is 1.24 bits per heavy atom. The van der Waals surface area contributed by atoms with Crippen LogP contribution in [0, 0.1) is 0 Å². The molecule has 0 aliphatic carbocycles. The van der Waals surface area contributed by atoms with Gasteiger partial charge >= 0.3 is 16.1 Å². The summed E-state index contributed by atoms with van der Waals surface area (Å²) in [6.45, 7) is 0. The van der Waals surface area contributed by atoms with Crippen molar-refractivity contribution in [3.05, 3.63) is 29.8 Å². The van der Waals surface area contributed by atoms with Crippen LogP contribution in [-0.4, -0.2) is 42.0 Å². The number of aromatic hydroxyl groups is 1. The first-order valence-corrected chi connectivity index (χ1v) is 11.9. The highest BCUT2D eigenvalue weighted by molar-refractivity contribution is 8.77. The maximum atomic E-state index is 11.9. The van der Waals surface area contributed by atoms with E-state index in [9.17, 15) is 23.1 Å². The summed E-state index contributed by atoms with van der Waals surface area (Å²) in [5.74, 6) is -1.80. The second kappa shape index (κ2) is 9.49. The first kappa shape index (κ1) is 20.1. The maximum Gasteiger partial charge on any atom is 0.322 e. The summed E-state index contributed by atoms with van der Waals surface area (Å²) in [4.78, 5) is 23.6. The van der Waals surface area contributed by atoms with Crippen molar-refractivity contribution < 1.29 is 27.3 Å². The smallest absolute Gasteiger partial charge is 0.322 e. The molecule has 1 aromatic carbocycles. The van der Waals surface area contributed by atoms with Crippen LogP contribution in [-0.2, 0) is 19.1 Å². The number of ketones is 1. The van der Waals surface area contributed by atoms with Gasteiger partial charge in [0.15, 0.2) is 5.78 Å². The van der Waals surface area contributed by atoms with Gasteiger partial charge in [-0.15, -0.1) is 0 Å². The normalized spacial score (nSPS) is 17.4. The Bertz CT molecular complexity index is 710. The van der Waals surface area contributed by atoms with Crippen molar-refractivity contribution in [3.63, 3.8) is 0 Å². The molecule has 0 unspecified atom stereocenters. The molecule has 1 aliphatic heterocycles. The number of phenolic OH excluding ortho intramolecular Hbond substituents is 1. The lowest BCUT2D eigenvalue weighted by Crippen LogP contribution is -2.21. The fourth-order valence-electron chi connectivity index (χ4n) is 2.37. The molecule has 1 fully saturated rings. The minimum atomic E-state index is -4.32. The van der Waals surface area contributed by atoms with E-state index in [1.54, 1.807) is 0 Å². The maximum absolute atomic E-state index is 11.9. The van der Waals surface area contributed by atoms with Gasteiger partial charge in [-0.3, -0.25) is 9.59 Å². The molecule has 0 aromatic heterocycles. The van der Waals surface area contributed by atoms with Crippen LogP contribution in [0.5, 0.6) is 5.75 Å². The van der Waals surface area contributed by atoms with Crippen LogP contribution in [0.4, 0.5) is 0 Å². The highest BCUT2D eigenvalue weighted by Crippen LogP contribution is 2.39. The number of phenols is 1. The van der Waals surface area contributed by atoms with E-state index in [1.807, 2.05) is 21.6 Å². The molecule has 1 heterocycles. The van der Waals surface area contributed by atoms with Crippen molar-refractivity contribution in [3.8, 4) is 5.75 Å². The lowest BCUT2D eigenvalue weighted by molar-refractivity contribution is -0.133. The number of unbranched alkanes of at least 4 members (excludes halogenated alkanes) is 1. The van der Waals surface area contributed by atoms with Gasteiger partial charge in [-0.2, -0.15) is 8.42 Å². The van der Waals surface area contributed by atoms with Crippen molar-refractivity contribution in [2.45, 2.75) is 37.4 Å². The van der Waals surface area contributed by atoms with Gasteiger partial charge in [-0.25, -0.2) is 0 Å². The molecule has 0 spiro atoms. The van der Waals surface area contributed by atoms with Gasteiger partial charge in [0.25, 0.3) is 0 Å². The average Bonchev–Trinajstić information content (AvgIpc) is 3.04. The fraction of sp³-hybridized carbons (Fsp3) is 0.500. The van der Waals surface area contributed by atoms with Gasteiger partial charge < -0.3 is 9.29 Å². The number of rotatable bonds is 9. The molecule has 25 heavy (non-hydrogen) atoms. The number of hydrogen-bond acceptors (Lipinski definition) is 8. The second-order valence-corrected chi connectivity index (χ2v) is 10.0. The van der Waals surface area contributed by atoms with Crippen LogP contribution < -0.4 is 0 Å². The molecule has 1 N–H and O–H groups in total. The summed E-state index contributed by atoms with van der Waals surface area (Å²) in [6, 6.07) is 5.62. The molecular weight excluding hydrogens is 384 g/mol. The second-order valence-electron chi connectivity index (χ2n) is 5.67. The van der Waals surface area contributed by atoms with Crippen molar-refractivity contribution in [1.29, 1.82) is 0 Å². The highest BCUT2D eigenvalue weighted by atomic mass is 33.1. The Kier molecular flexibility index (Phi) is 7.64. The Hall–Kier alpha value is -1.19. The lowest BCUT2D eigenvalue weighted by Gasteiger charge is -2.08. The first-order valence-electron chi connectivity index (χ1n) is 7.92. The van der Waals surface area contributed by atoms with E-state index in [4.69, 9.17) is 0 Å². The average molecular weight is 405 g/mol. The minimum absolute atomic E-state index is 0.00847. The van der Waals surface area contributed by atoms with Gasteiger partial charge in [0.1, 0.15) is 11.5 Å². The van der Waals surface area contributed by atoms with Crippen LogP contribution in [0.25, 0.3) is 0 Å². The van der Waals surface area contributed by atoms with Crippen molar-refractivity contribution in [2.75, 3.05) is 11.5 Å². The van der Waals surface area contributed by atoms with Gasteiger partial charge in [-0.1, -0.05) is 40.1 Å². The number of benzene rings is 1. The number of carbonyl (C=O) groups excluding carboxylic acids is 2. The largest absolute Gasteiger partial charge is 0.507 e. The molecular formula is C16H20O6S3. The van der Waals surface area contributed by atoms with Crippen molar-refractivity contribution in [2.24, 2.45) is 0 Å². The molecule has 0 saturated carbocycles. The van der Waals surface area contributed by atoms with E-state index < -0.39 is 27.6 Å². The first-order chi connectivity index (χ1) is 11.9. The lowest BCUT2D eigenvalue weighted by atomic mass is 10.1. The molecule has 1 saturated heterocycles. The van der Waals surface area contributed by atoms with Gasteiger partial charge in [0, 0.05) is 17.4 Å². The predicted octanol–water partition coefficient (Wildman–Crippen LogP) is 3.16. The topological polar surface area (TPSA) is 97.7 Å². The number of para-hydroxylation sites is 1. The molecule has 1 aliphatic rings. The molecule has 138 valence electrons. The Balaban J connectivity index is 1.74. The number of carbonyl (C=O) groups is 2. The summed E-state index contributed by atoms with van der Waals surface area (Å²) in [6.07, 6.45) is 3.58. The highest BCUT2D eigenvalue weighted by Gasteiger charge is 2.24.